The fraction of sp³-hybridized carbons (Fsp3) is 0.208. The predicted octanol–water partition coefficient (Wildman–Crippen LogP) is 16.7. The van der Waals surface area contributed by atoms with E-state index in [9.17, 15) is 105 Å². The number of benzene rings is 8. The van der Waals surface area contributed by atoms with Gasteiger partial charge in [0.25, 0.3) is 0 Å². The van der Waals surface area contributed by atoms with Gasteiger partial charge in [0.2, 0.25) is 0 Å². The monoisotopic (exact) mass is 1170 g/mol. The summed E-state index contributed by atoms with van der Waals surface area (Å²) < 4.78 is 341. The van der Waals surface area contributed by atoms with Gasteiger partial charge in [-0.1, -0.05) is 97.1 Å². The molecule has 0 heterocycles. The Morgan fingerprint density at radius 2 is 0.519 bits per heavy atom. The lowest BCUT2D eigenvalue weighted by atomic mass is 9.12. The highest BCUT2D eigenvalue weighted by Crippen LogP contribution is 2.42. The molecule has 8 aromatic rings. The average molecular weight is 1170 g/mol. The maximum atomic E-state index is 14.2. The van der Waals surface area contributed by atoms with Crippen LogP contribution < -0.4 is 21.9 Å². The molecule has 0 aromatic heterocycles. The van der Waals surface area contributed by atoms with Crippen molar-refractivity contribution in [2.45, 2.75) is 55.2 Å². The lowest BCUT2D eigenvalue weighted by Crippen LogP contribution is -2.75. The highest BCUT2D eigenvalue weighted by atomic mass is 32.2. The average Bonchev–Trinajstić information content (AvgIpc) is 3.53. The quantitative estimate of drug-likeness (QED) is 0.0674. The normalized spacial score (nSPS) is 13.6. The fourth-order valence-electron chi connectivity index (χ4n) is 9.36. The minimum Gasteiger partial charge on any atom is -0.194 e. The maximum Gasteiger partial charge on any atom is 0.416 e. The van der Waals surface area contributed by atoms with Gasteiger partial charge in [-0.05, 0) is 85.7 Å². The summed E-state index contributed by atoms with van der Waals surface area (Å²) in [5.41, 5.74) is -28.7. The van der Waals surface area contributed by atoms with E-state index in [0.29, 0.717) is 10.9 Å². The first kappa shape index (κ1) is 59.9. The first-order valence-electron chi connectivity index (χ1n) is 22.2. The van der Waals surface area contributed by atoms with E-state index in [-0.39, 0.29) is 0 Å². The first-order valence-corrected chi connectivity index (χ1v) is 24.4. The van der Waals surface area contributed by atoms with Gasteiger partial charge in [0.1, 0.15) is 11.9 Å². The van der Waals surface area contributed by atoms with Gasteiger partial charge < -0.3 is 0 Å². The van der Waals surface area contributed by atoms with Crippen LogP contribution in [0.15, 0.2) is 140 Å². The van der Waals surface area contributed by atoms with E-state index >= 15 is 0 Å². The molecule has 0 nitrogen and oxygen atoms in total. The Kier molecular flexibility index (Phi) is 15.5. The van der Waals surface area contributed by atoms with E-state index in [0.717, 1.165) is 5.75 Å². The summed E-state index contributed by atoms with van der Waals surface area (Å²) in [6, 6.07) is 15.7. The van der Waals surface area contributed by atoms with Crippen molar-refractivity contribution in [2.24, 2.45) is 0 Å². The SMILES string of the molecule is C[S+](C)Cc1c2ccccc2cc2cc3ccccc3cc12.FC(F)(F)c1cc([B-](c2cc(C(F)(F)F)cc(C(F)(F)F)c2)(c2cc(C(F)(F)F)cc(C(F)(F)F)c2)c2cc(C(F)(F)F)cc(C(F)(F)F)c2)cc(C(F)(F)F)c1. The molecule has 0 radical (unpaired) electrons. The maximum absolute atomic E-state index is 14.2. The number of hydrogen-bond donors (Lipinski definition) is 0. The van der Waals surface area contributed by atoms with Crippen LogP contribution in [0.2, 0.25) is 0 Å². The summed E-state index contributed by atoms with van der Waals surface area (Å²) in [6.07, 6.45) is -50.2. The summed E-state index contributed by atoms with van der Waals surface area (Å²) in [4.78, 5) is 0. The third-order valence-electron chi connectivity index (χ3n) is 12.7. The van der Waals surface area contributed by atoms with Gasteiger partial charge in [0, 0.05) is 5.56 Å². The molecule has 0 spiro atoms. The summed E-state index contributed by atoms with van der Waals surface area (Å²) in [6.45, 7) is 0. The van der Waals surface area contributed by atoms with Crippen molar-refractivity contribution in [3.63, 3.8) is 0 Å². The van der Waals surface area contributed by atoms with Crippen molar-refractivity contribution < 1.29 is 105 Å². The summed E-state index contributed by atoms with van der Waals surface area (Å²) in [5.74, 6) is 1.15. The molecule has 0 aliphatic heterocycles. The van der Waals surface area contributed by atoms with Crippen molar-refractivity contribution >= 4 is 71.2 Å². The zero-order chi connectivity index (χ0) is 59.0. The van der Waals surface area contributed by atoms with Gasteiger partial charge in [0.15, 0.2) is 0 Å². The Morgan fingerprint density at radius 3 is 0.785 bits per heavy atom. The number of fused-ring (bicyclic) bond motifs is 3. The lowest BCUT2D eigenvalue weighted by molar-refractivity contribution is -0.144. The zero-order valence-corrected chi connectivity index (χ0v) is 40.4. The van der Waals surface area contributed by atoms with Gasteiger partial charge >= 0.3 is 49.4 Å². The molecule has 0 saturated carbocycles. The molecule has 0 unspecified atom stereocenters. The van der Waals surface area contributed by atoms with Crippen molar-refractivity contribution in [1.82, 2.24) is 0 Å². The van der Waals surface area contributed by atoms with Gasteiger partial charge in [-0.3, -0.25) is 0 Å². The molecule has 0 saturated heterocycles. The van der Waals surface area contributed by atoms with Crippen LogP contribution in [0.5, 0.6) is 0 Å². The minimum atomic E-state index is -6.13. The van der Waals surface area contributed by atoms with Crippen LogP contribution in [0.1, 0.15) is 50.1 Å². The molecule has 8 rings (SSSR count). The Morgan fingerprint density at radius 1 is 0.278 bits per heavy atom. The van der Waals surface area contributed by atoms with Crippen molar-refractivity contribution in [3.8, 4) is 0 Å². The van der Waals surface area contributed by atoms with Crippen molar-refractivity contribution in [3.05, 3.63) is 190 Å². The number of alkyl halides is 24. The fourth-order valence-corrected chi connectivity index (χ4v) is 10.3. The van der Waals surface area contributed by atoms with Crippen molar-refractivity contribution in [1.29, 1.82) is 0 Å². The summed E-state index contributed by atoms with van der Waals surface area (Å²) >= 11 is 0. The largest absolute Gasteiger partial charge is 0.416 e. The molecule has 8 aromatic carbocycles. The smallest absolute Gasteiger partial charge is 0.194 e. The van der Waals surface area contributed by atoms with Gasteiger partial charge in [-0.15, -0.1) is 0 Å². The van der Waals surface area contributed by atoms with E-state index in [1.165, 1.54) is 37.9 Å². The van der Waals surface area contributed by atoms with E-state index < -0.39 is 195 Å². The Hall–Kier alpha value is -6.73. The van der Waals surface area contributed by atoms with Gasteiger partial charge in [-0.25, -0.2) is 0 Å². The Balaban J connectivity index is 0.000000336. The number of rotatable bonds is 6. The zero-order valence-electron chi connectivity index (χ0n) is 39.5. The minimum absolute atomic E-state index is 0.388. The molecule has 79 heavy (non-hydrogen) atoms. The molecule has 420 valence electrons. The van der Waals surface area contributed by atoms with E-state index in [1.54, 1.807) is 0 Å². The second-order valence-corrected chi connectivity index (χ2v) is 20.6. The third-order valence-corrected chi connectivity index (χ3v) is 13.6. The highest BCUT2D eigenvalue weighted by molar-refractivity contribution is 7.94. The van der Waals surface area contributed by atoms with E-state index in [4.69, 9.17) is 0 Å². The summed E-state index contributed by atoms with van der Waals surface area (Å²) in [5, 5.41) is 8.19. The van der Waals surface area contributed by atoms with E-state index in [2.05, 4.69) is 79.2 Å². The Bertz CT molecular complexity index is 3130. The Labute approximate surface area is 432 Å². The van der Waals surface area contributed by atoms with Crippen LogP contribution in [0.4, 0.5) is 105 Å². The molecule has 0 atom stereocenters. The lowest BCUT2D eigenvalue weighted by Gasteiger charge is -2.46. The first-order chi connectivity index (χ1) is 36.0. The molecule has 0 N–H and O–H groups in total. The second kappa shape index (κ2) is 20.4. The molecule has 0 fully saturated rings. The highest BCUT2D eigenvalue weighted by Gasteiger charge is 2.47. The van der Waals surface area contributed by atoms with Crippen LogP contribution in [0.3, 0.4) is 0 Å². The molecular formula is C53H31BF24S. The van der Waals surface area contributed by atoms with Gasteiger partial charge in [-0.2, -0.15) is 127 Å². The van der Waals surface area contributed by atoms with E-state index in [1.807, 2.05) is 0 Å². The van der Waals surface area contributed by atoms with Crippen LogP contribution >= 0.6 is 0 Å². The van der Waals surface area contributed by atoms with Gasteiger partial charge in [0.05, 0.1) is 57.0 Å². The van der Waals surface area contributed by atoms with Crippen LogP contribution in [-0.2, 0) is 66.1 Å². The van der Waals surface area contributed by atoms with Crippen LogP contribution in [-0.4, -0.2) is 18.7 Å². The topological polar surface area (TPSA) is 0 Å². The molecule has 0 amide bonds. The molecule has 0 bridgehead atoms. The van der Waals surface area contributed by atoms with Crippen molar-refractivity contribution in [2.75, 3.05) is 12.5 Å². The molecule has 26 heteroatoms. The molecule has 0 aliphatic carbocycles. The number of halogens is 24. The predicted molar refractivity (Wildman–Crippen MR) is 252 cm³/mol. The third kappa shape index (κ3) is 12.8. The molecule has 0 aliphatic rings. The second-order valence-electron chi connectivity index (χ2n) is 18.3. The molecular weight excluding hydrogens is 1140 g/mol. The number of hydrogen-bond acceptors (Lipinski definition) is 0. The van der Waals surface area contributed by atoms with Crippen LogP contribution in [0, 0.1) is 0 Å². The standard InChI is InChI=1S/C32H12BF24.C21H19S/c34-25(35,36)13-1-14(26(37,38)39)6-21(5-13)33(22-7-15(27(40,41)42)2-16(8-22)28(43,44)45,23-9-17(29(46,47)48)3-18(10-23)30(49,50)51)24-11-19(31(52,53)54)4-20(12-24)32(55,56)57;1-22(2)14-21-19-10-6-5-9-17(19)12-18-11-15-7-3-4-8-16(15)13-20(18)21/h1-12H;3-13H,14H2,1-2H3/q-1;+1. The summed E-state index contributed by atoms with van der Waals surface area (Å²) in [7, 11) is 0.388. The van der Waals surface area contributed by atoms with Crippen LogP contribution in [0.25, 0.3) is 32.3 Å².